The first-order chi connectivity index (χ1) is 26.3. The lowest BCUT2D eigenvalue weighted by atomic mass is 10.2. The molecule has 4 heterocycles. The number of nitriles is 2. The number of amides is 2. The van der Waals surface area contributed by atoms with Crippen LogP contribution in [0.4, 0.5) is 23.0 Å². The smallest absolute Gasteiger partial charge is 0.271 e. The Labute approximate surface area is 328 Å². The first-order valence-corrected chi connectivity index (χ1v) is 16.6. The Morgan fingerprint density at radius 3 is 1.71 bits per heavy atom. The van der Waals surface area contributed by atoms with E-state index in [4.69, 9.17) is 61.4 Å². The highest BCUT2D eigenvalue weighted by Crippen LogP contribution is 2.29. The number of aromatic hydroxyl groups is 1. The summed E-state index contributed by atoms with van der Waals surface area (Å²) in [6.07, 6.45) is 0. The zero-order chi connectivity index (χ0) is 40.1. The summed E-state index contributed by atoms with van der Waals surface area (Å²) in [5, 5.41) is 48.3. The van der Waals surface area contributed by atoms with Gasteiger partial charge >= 0.3 is 0 Å². The highest BCUT2D eigenvalue weighted by atomic mass is 35.5. The van der Waals surface area contributed by atoms with Crippen molar-refractivity contribution in [1.29, 1.82) is 10.5 Å². The van der Waals surface area contributed by atoms with Gasteiger partial charge in [0.2, 0.25) is 5.88 Å². The summed E-state index contributed by atoms with van der Waals surface area (Å²) in [6.45, 7) is 3.70. The van der Waals surface area contributed by atoms with Crippen molar-refractivity contribution in [2.75, 3.05) is 10.6 Å². The van der Waals surface area contributed by atoms with Gasteiger partial charge in [-0.2, -0.15) is 10.5 Å². The lowest BCUT2D eigenvalue weighted by molar-refractivity contribution is 0.0987. The number of anilines is 4. The molecular weight excluding hydrogens is 771 g/mol. The molecule has 4 aromatic heterocycles. The van der Waals surface area contributed by atoms with Gasteiger partial charge in [0.05, 0.1) is 22.5 Å². The van der Waals surface area contributed by atoms with Gasteiger partial charge in [-0.3, -0.25) is 9.59 Å². The standard InChI is InChI=1S/C18H13ClN6O2.C11H10ClN5O.C7H4ClNO/c1-10-3-2-4-15(22-10)23-13-8-16(24-25-17(13)18(21)26)27-14-6-5-12(19)7-11(14)9-20;1-6-3-2-4-9(14-6)15-7-5-8(12)16-17-10(7)11(13)18;8-6-1-2-7(10)5(3-6)4-9/h2-8H,1H3,(H2,21,26)(H,22,23,24);2-5H,1H3,(H2,13,18)(H,14,15,16);1-3,10H. The summed E-state index contributed by atoms with van der Waals surface area (Å²) in [7, 11) is 0. The van der Waals surface area contributed by atoms with E-state index in [1.54, 1.807) is 30.3 Å². The maximum absolute atomic E-state index is 11.6. The Balaban J connectivity index is 0.000000205. The molecule has 19 heteroatoms. The van der Waals surface area contributed by atoms with Gasteiger partial charge in [0.25, 0.3) is 11.8 Å². The third kappa shape index (κ3) is 12.0. The largest absolute Gasteiger partial charge is 0.507 e. The molecule has 0 unspecified atom stereocenters. The molecule has 7 N–H and O–H groups in total. The number of rotatable bonds is 8. The van der Waals surface area contributed by atoms with Crippen molar-refractivity contribution >= 4 is 69.6 Å². The van der Waals surface area contributed by atoms with Crippen LogP contribution < -0.4 is 26.8 Å². The number of aryl methyl sites for hydroxylation is 2. The number of aromatic nitrogens is 6. The minimum Gasteiger partial charge on any atom is -0.507 e. The molecule has 0 bridgehead atoms. The van der Waals surface area contributed by atoms with E-state index in [0.29, 0.717) is 27.4 Å². The van der Waals surface area contributed by atoms with Gasteiger partial charge in [0.1, 0.15) is 35.3 Å². The summed E-state index contributed by atoms with van der Waals surface area (Å²) < 4.78 is 5.62. The lowest BCUT2D eigenvalue weighted by Crippen LogP contribution is -2.16. The molecule has 0 atom stereocenters. The van der Waals surface area contributed by atoms with Crippen molar-refractivity contribution in [3.8, 4) is 29.5 Å². The van der Waals surface area contributed by atoms with Crippen molar-refractivity contribution in [2.24, 2.45) is 11.5 Å². The molecule has 0 aliphatic heterocycles. The number of benzene rings is 2. The summed E-state index contributed by atoms with van der Waals surface area (Å²) in [4.78, 5) is 31.4. The molecule has 55 heavy (non-hydrogen) atoms. The first kappa shape index (κ1) is 40.7. The average Bonchev–Trinajstić information content (AvgIpc) is 3.14. The minimum atomic E-state index is -0.756. The number of halogens is 3. The van der Waals surface area contributed by atoms with Gasteiger partial charge in [-0.15, -0.1) is 20.4 Å². The molecule has 276 valence electrons. The molecule has 6 aromatic rings. The number of pyridine rings is 2. The van der Waals surface area contributed by atoms with E-state index < -0.39 is 11.8 Å². The van der Waals surface area contributed by atoms with Crippen LogP contribution in [0.1, 0.15) is 43.5 Å². The zero-order valence-electron chi connectivity index (χ0n) is 28.6. The molecule has 0 radical (unpaired) electrons. The zero-order valence-corrected chi connectivity index (χ0v) is 30.9. The summed E-state index contributed by atoms with van der Waals surface area (Å²) in [5.41, 5.74) is 13.2. The average molecular weight is 798 g/mol. The molecule has 0 spiro atoms. The highest BCUT2D eigenvalue weighted by Gasteiger charge is 2.16. The van der Waals surface area contributed by atoms with E-state index in [-0.39, 0.29) is 50.7 Å². The number of hydrogen-bond donors (Lipinski definition) is 5. The molecule has 2 aromatic carbocycles. The molecule has 0 aliphatic rings. The lowest BCUT2D eigenvalue weighted by Gasteiger charge is -2.11. The predicted octanol–water partition coefficient (Wildman–Crippen LogP) is 6.93. The Bertz CT molecular complexity index is 2460. The van der Waals surface area contributed by atoms with Gasteiger partial charge in [0, 0.05) is 33.6 Å². The number of carbonyl (C=O) groups excluding carboxylic acids is 2. The van der Waals surface area contributed by atoms with E-state index in [1.165, 1.54) is 36.4 Å². The Kier molecular flexibility index (Phi) is 14.1. The fraction of sp³-hybridized carbons (Fsp3) is 0.0556. The normalized spacial score (nSPS) is 9.87. The predicted molar refractivity (Wildman–Crippen MR) is 205 cm³/mol. The Morgan fingerprint density at radius 1 is 0.691 bits per heavy atom. The monoisotopic (exact) mass is 796 g/mol. The third-order valence-electron chi connectivity index (χ3n) is 6.66. The number of phenolic OH excluding ortho intramolecular Hbond substituents is 1. The maximum atomic E-state index is 11.6. The van der Waals surface area contributed by atoms with Crippen LogP contribution in [0.2, 0.25) is 15.2 Å². The van der Waals surface area contributed by atoms with Gasteiger partial charge in [-0.05, 0) is 74.5 Å². The fourth-order valence-electron chi connectivity index (χ4n) is 4.24. The fourth-order valence-corrected chi connectivity index (χ4v) is 4.73. The molecule has 0 saturated heterocycles. The first-order valence-electron chi connectivity index (χ1n) is 15.4. The van der Waals surface area contributed by atoms with Crippen LogP contribution in [0.3, 0.4) is 0 Å². The number of nitrogens with zero attached hydrogens (tertiary/aromatic N) is 8. The number of hydrogen-bond acceptors (Lipinski definition) is 14. The molecule has 0 aliphatic carbocycles. The molecule has 0 fully saturated rings. The van der Waals surface area contributed by atoms with E-state index in [1.807, 2.05) is 44.2 Å². The molecule has 2 amide bonds. The number of primary amides is 2. The number of ether oxygens (including phenoxy) is 1. The summed E-state index contributed by atoms with van der Waals surface area (Å²) in [6, 6.07) is 26.5. The second-order valence-electron chi connectivity index (χ2n) is 10.8. The third-order valence-corrected chi connectivity index (χ3v) is 7.32. The minimum absolute atomic E-state index is 0.0164. The van der Waals surface area contributed by atoms with Gasteiger partial charge in [0.15, 0.2) is 16.5 Å². The van der Waals surface area contributed by atoms with Crippen molar-refractivity contribution in [3.05, 3.63) is 134 Å². The van der Waals surface area contributed by atoms with Crippen molar-refractivity contribution in [1.82, 2.24) is 30.4 Å². The second-order valence-corrected chi connectivity index (χ2v) is 12.1. The number of nitrogens with one attached hydrogen (secondary N) is 2. The number of carbonyl (C=O) groups is 2. The second kappa shape index (κ2) is 19.1. The van der Waals surface area contributed by atoms with Crippen LogP contribution in [0.5, 0.6) is 17.4 Å². The highest BCUT2D eigenvalue weighted by molar-refractivity contribution is 6.31. The van der Waals surface area contributed by atoms with Crippen molar-refractivity contribution in [3.63, 3.8) is 0 Å². The van der Waals surface area contributed by atoms with Gasteiger partial charge < -0.3 is 31.9 Å². The molecule has 16 nitrogen and oxygen atoms in total. The van der Waals surface area contributed by atoms with Crippen molar-refractivity contribution < 1.29 is 19.4 Å². The Morgan fingerprint density at radius 2 is 1.20 bits per heavy atom. The van der Waals surface area contributed by atoms with Crippen LogP contribution >= 0.6 is 34.8 Å². The van der Waals surface area contributed by atoms with E-state index in [2.05, 4.69) is 41.0 Å². The van der Waals surface area contributed by atoms with Gasteiger partial charge in [-0.25, -0.2) is 9.97 Å². The maximum Gasteiger partial charge on any atom is 0.271 e. The van der Waals surface area contributed by atoms with Crippen LogP contribution in [-0.2, 0) is 0 Å². The van der Waals surface area contributed by atoms with Crippen LogP contribution in [0.25, 0.3) is 0 Å². The number of phenols is 1. The van der Waals surface area contributed by atoms with Crippen LogP contribution in [0, 0.1) is 36.5 Å². The van der Waals surface area contributed by atoms with Gasteiger partial charge in [-0.1, -0.05) is 46.9 Å². The van der Waals surface area contributed by atoms with E-state index in [9.17, 15) is 14.9 Å². The Hall–Kier alpha value is -7.11. The summed E-state index contributed by atoms with van der Waals surface area (Å²) >= 11 is 17.1. The van der Waals surface area contributed by atoms with E-state index in [0.717, 1.165) is 11.4 Å². The van der Waals surface area contributed by atoms with Crippen LogP contribution in [-0.4, -0.2) is 47.3 Å². The molecule has 0 saturated carbocycles. The molecular formula is C36H27Cl3N12O4. The topological polar surface area (TPSA) is 265 Å². The van der Waals surface area contributed by atoms with Crippen LogP contribution in [0.15, 0.2) is 84.9 Å². The van der Waals surface area contributed by atoms with Crippen molar-refractivity contribution in [2.45, 2.75) is 13.8 Å². The quantitative estimate of drug-likeness (QED) is 0.105. The SMILES string of the molecule is Cc1cccc(Nc2cc(Cl)nnc2C(N)=O)n1.Cc1cccc(Nc2cc(Oc3ccc(Cl)cc3C#N)nnc2C(N)=O)n1.N#Cc1cc(Cl)ccc1O. The number of nitrogens with two attached hydrogens (primary N) is 2. The summed E-state index contributed by atoms with van der Waals surface area (Å²) in [5.74, 6) is -0.0894. The molecule has 6 rings (SSSR count). The van der Waals surface area contributed by atoms with E-state index >= 15 is 0 Å².